The van der Waals surface area contributed by atoms with Gasteiger partial charge in [-0.1, -0.05) is 30.3 Å². The van der Waals surface area contributed by atoms with E-state index < -0.39 is 10.8 Å². The van der Waals surface area contributed by atoms with Gasteiger partial charge in [-0.15, -0.1) is 0 Å². The third kappa shape index (κ3) is 5.78. The van der Waals surface area contributed by atoms with Gasteiger partial charge in [0.15, 0.2) is 11.5 Å². The van der Waals surface area contributed by atoms with E-state index in [0.717, 1.165) is 11.1 Å². The second kappa shape index (κ2) is 10.8. The number of nitrogens with zero attached hydrogens (tertiary/aromatic N) is 2. The summed E-state index contributed by atoms with van der Waals surface area (Å²) < 4.78 is 11.2. The number of carbonyl (C=O) groups excluding carboxylic acids is 1. The fourth-order valence-electron chi connectivity index (χ4n) is 3.21. The summed E-state index contributed by atoms with van der Waals surface area (Å²) in [4.78, 5) is 23.1. The van der Waals surface area contributed by atoms with Gasteiger partial charge in [-0.05, 0) is 60.4 Å². The summed E-state index contributed by atoms with van der Waals surface area (Å²) in [6, 6.07) is 18.7. The second-order valence-electron chi connectivity index (χ2n) is 7.50. The van der Waals surface area contributed by atoms with Gasteiger partial charge in [-0.3, -0.25) is 14.9 Å². The van der Waals surface area contributed by atoms with E-state index in [4.69, 9.17) is 9.47 Å². The molecule has 1 amide bonds. The zero-order chi connectivity index (χ0) is 24.7. The van der Waals surface area contributed by atoms with Gasteiger partial charge >= 0.3 is 0 Å². The lowest BCUT2D eigenvalue weighted by atomic mass is 10.1. The van der Waals surface area contributed by atoms with Crippen molar-refractivity contribution in [3.05, 3.63) is 98.6 Å². The Kier molecular flexibility index (Phi) is 7.62. The highest BCUT2D eigenvalue weighted by molar-refractivity contribution is 6.10. The van der Waals surface area contributed by atoms with E-state index in [2.05, 4.69) is 5.32 Å². The molecule has 0 fully saturated rings. The molecule has 8 heteroatoms. The fraction of sp³-hybridized carbons (Fsp3) is 0.154. The Morgan fingerprint density at radius 1 is 1.12 bits per heavy atom. The number of benzene rings is 3. The van der Waals surface area contributed by atoms with E-state index in [9.17, 15) is 20.2 Å². The zero-order valence-corrected chi connectivity index (χ0v) is 19.0. The van der Waals surface area contributed by atoms with Gasteiger partial charge in [-0.2, -0.15) is 5.26 Å². The summed E-state index contributed by atoms with van der Waals surface area (Å²) in [5, 5.41) is 23.3. The Hall–Kier alpha value is -4.64. The average Bonchev–Trinajstić information content (AvgIpc) is 2.84. The van der Waals surface area contributed by atoms with Crippen LogP contribution in [0.3, 0.4) is 0 Å². The number of rotatable bonds is 8. The molecule has 0 unspecified atom stereocenters. The number of hydrogen-bond donors (Lipinski definition) is 1. The summed E-state index contributed by atoms with van der Waals surface area (Å²) in [6.45, 7) is 3.95. The molecule has 0 atom stereocenters. The van der Waals surface area contributed by atoms with E-state index in [1.807, 2.05) is 32.0 Å². The number of anilines is 1. The summed E-state index contributed by atoms with van der Waals surface area (Å²) in [5.74, 6) is 0.303. The van der Waals surface area contributed by atoms with Crippen LogP contribution >= 0.6 is 0 Å². The molecule has 172 valence electrons. The summed E-state index contributed by atoms with van der Waals surface area (Å²) >= 11 is 0. The Bertz CT molecular complexity index is 1310. The molecular formula is C26H23N3O5. The van der Waals surface area contributed by atoms with Crippen molar-refractivity contribution in [1.82, 2.24) is 0 Å². The Morgan fingerprint density at radius 3 is 2.59 bits per heavy atom. The lowest BCUT2D eigenvalue weighted by molar-refractivity contribution is -0.384. The van der Waals surface area contributed by atoms with E-state index in [1.165, 1.54) is 25.3 Å². The van der Waals surface area contributed by atoms with Crippen molar-refractivity contribution in [3.8, 4) is 17.6 Å². The van der Waals surface area contributed by atoms with E-state index in [-0.39, 0.29) is 17.9 Å². The maximum absolute atomic E-state index is 12.7. The van der Waals surface area contributed by atoms with Gasteiger partial charge in [0, 0.05) is 17.8 Å². The quantitative estimate of drug-likeness (QED) is 0.211. The molecule has 0 aliphatic rings. The highest BCUT2D eigenvalue weighted by Gasteiger charge is 2.13. The van der Waals surface area contributed by atoms with Crippen LogP contribution in [0.2, 0.25) is 0 Å². The molecule has 8 nitrogen and oxygen atoms in total. The number of nitriles is 1. The minimum atomic E-state index is -0.513. The number of non-ortho nitro benzene ring substituents is 1. The van der Waals surface area contributed by atoms with Crippen LogP contribution in [0.25, 0.3) is 6.08 Å². The van der Waals surface area contributed by atoms with E-state index >= 15 is 0 Å². The molecule has 0 aromatic heterocycles. The first-order chi connectivity index (χ1) is 16.3. The monoisotopic (exact) mass is 457 g/mol. The first-order valence-electron chi connectivity index (χ1n) is 10.4. The molecule has 0 radical (unpaired) electrons. The highest BCUT2D eigenvalue weighted by Crippen LogP contribution is 2.30. The van der Waals surface area contributed by atoms with Crippen molar-refractivity contribution in [2.75, 3.05) is 12.4 Å². The number of nitrogens with one attached hydrogen (secondary N) is 1. The van der Waals surface area contributed by atoms with Gasteiger partial charge < -0.3 is 14.8 Å². The van der Waals surface area contributed by atoms with Crippen molar-refractivity contribution in [3.63, 3.8) is 0 Å². The SMILES string of the molecule is COc1cc(/C=C(\C#N)C(=O)Nc2cccc(C)c2C)ccc1OCc1cccc([N+](=O)[O-])c1. The minimum absolute atomic E-state index is 0.0169. The van der Waals surface area contributed by atoms with Crippen LogP contribution in [0.1, 0.15) is 22.3 Å². The number of nitro benzene ring substituents is 1. The number of nitro groups is 1. The predicted octanol–water partition coefficient (Wildman–Crippen LogP) is 5.34. The first kappa shape index (κ1) is 24.0. The van der Waals surface area contributed by atoms with Crippen molar-refractivity contribution in [2.45, 2.75) is 20.5 Å². The van der Waals surface area contributed by atoms with Crippen molar-refractivity contribution < 1.29 is 19.2 Å². The van der Waals surface area contributed by atoms with Crippen molar-refractivity contribution in [1.29, 1.82) is 5.26 Å². The number of ether oxygens (including phenoxy) is 2. The number of methoxy groups -OCH3 is 1. The molecule has 34 heavy (non-hydrogen) atoms. The summed E-state index contributed by atoms with van der Waals surface area (Å²) in [5.41, 5.74) is 3.74. The van der Waals surface area contributed by atoms with Crippen molar-refractivity contribution in [2.24, 2.45) is 0 Å². The van der Waals surface area contributed by atoms with Crippen LogP contribution in [0, 0.1) is 35.3 Å². The maximum Gasteiger partial charge on any atom is 0.269 e. The van der Waals surface area contributed by atoms with Crippen LogP contribution in [-0.4, -0.2) is 17.9 Å². The standard InChI is InChI=1S/C26H23N3O5/c1-17-6-4-9-23(18(17)2)28-26(30)21(15-27)12-19-10-11-24(25(14-19)33-3)34-16-20-7-5-8-22(13-20)29(31)32/h4-14H,16H2,1-3H3,(H,28,30)/b21-12+. The molecule has 0 saturated heterocycles. The number of amides is 1. The molecule has 3 rings (SSSR count). The number of carbonyl (C=O) groups is 1. The topological polar surface area (TPSA) is 114 Å². The largest absolute Gasteiger partial charge is 0.493 e. The molecule has 0 spiro atoms. The van der Waals surface area contributed by atoms with Crippen molar-refractivity contribution >= 4 is 23.4 Å². The third-order valence-corrected chi connectivity index (χ3v) is 5.23. The molecule has 3 aromatic rings. The third-order valence-electron chi connectivity index (χ3n) is 5.23. The molecule has 3 aromatic carbocycles. The number of aryl methyl sites for hydroxylation is 1. The molecule has 0 saturated carbocycles. The van der Waals surface area contributed by atoms with Gasteiger partial charge in [0.25, 0.3) is 11.6 Å². The van der Waals surface area contributed by atoms with Gasteiger partial charge in [0.2, 0.25) is 0 Å². The van der Waals surface area contributed by atoms with Crippen LogP contribution in [0.15, 0.2) is 66.2 Å². The Labute approximate surface area is 197 Å². The lowest BCUT2D eigenvalue weighted by Gasteiger charge is -2.12. The van der Waals surface area contributed by atoms with Gasteiger partial charge in [0.1, 0.15) is 18.2 Å². The molecular weight excluding hydrogens is 434 g/mol. The Morgan fingerprint density at radius 2 is 1.88 bits per heavy atom. The van der Waals surface area contributed by atoms with E-state index in [0.29, 0.717) is 28.3 Å². The van der Waals surface area contributed by atoms with Crippen LogP contribution < -0.4 is 14.8 Å². The smallest absolute Gasteiger partial charge is 0.269 e. The molecule has 0 aliphatic carbocycles. The molecule has 0 bridgehead atoms. The van der Waals surface area contributed by atoms with E-state index in [1.54, 1.807) is 36.4 Å². The van der Waals surface area contributed by atoms with Crippen LogP contribution in [-0.2, 0) is 11.4 Å². The Balaban J connectivity index is 1.77. The number of hydrogen-bond acceptors (Lipinski definition) is 6. The highest BCUT2D eigenvalue weighted by atomic mass is 16.6. The summed E-state index contributed by atoms with van der Waals surface area (Å²) in [7, 11) is 1.47. The fourth-order valence-corrected chi connectivity index (χ4v) is 3.21. The van der Waals surface area contributed by atoms with Gasteiger partial charge in [0.05, 0.1) is 12.0 Å². The summed E-state index contributed by atoms with van der Waals surface area (Å²) in [6.07, 6.45) is 1.47. The maximum atomic E-state index is 12.7. The minimum Gasteiger partial charge on any atom is -0.493 e. The predicted molar refractivity (Wildman–Crippen MR) is 129 cm³/mol. The average molecular weight is 457 g/mol. The molecule has 1 N–H and O–H groups in total. The zero-order valence-electron chi connectivity index (χ0n) is 19.0. The normalized spacial score (nSPS) is 10.8. The second-order valence-corrected chi connectivity index (χ2v) is 7.50. The van der Waals surface area contributed by atoms with Gasteiger partial charge in [-0.25, -0.2) is 0 Å². The van der Waals surface area contributed by atoms with Crippen LogP contribution in [0.5, 0.6) is 11.5 Å². The van der Waals surface area contributed by atoms with Crippen LogP contribution in [0.4, 0.5) is 11.4 Å². The molecule has 0 aliphatic heterocycles. The first-order valence-corrected chi connectivity index (χ1v) is 10.4. The molecule has 0 heterocycles. The lowest BCUT2D eigenvalue weighted by Crippen LogP contribution is -2.14.